The molecular formula is C22H27N3O3. The number of nitrogens with zero attached hydrogens (tertiary/aromatic N) is 1. The van der Waals surface area contributed by atoms with Gasteiger partial charge in [0, 0.05) is 45.2 Å². The van der Waals surface area contributed by atoms with Crippen LogP contribution >= 0.6 is 0 Å². The molecular weight excluding hydrogens is 354 g/mol. The van der Waals surface area contributed by atoms with Crippen LogP contribution in [0.25, 0.3) is 0 Å². The average molecular weight is 381 g/mol. The summed E-state index contributed by atoms with van der Waals surface area (Å²) in [5.41, 5.74) is 3.79. The van der Waals surface area contributed by atoms with Gasteiger partial charge in [0.15, 0.2) is 0 Å². The number of likely N-dealkylation sites (tertiary alicyclic amines) is 1. The molecule has 0 bridgehead atoms. The standard InChI is InChI=1S/C22H27N3O3/c1-16(26)23-12-18-6-8-20(9-7-18)22(28)24-13-17-2-4-19(5-3-17)14-25-11-10-21(27)15-25/h2-9,21,27H,10-15H2,1H3,(H,23,26)(H,24,28). The Kier molecular flexibility index (Phi) is 6.79. The average Bonchev–Trinajstić information content (AvgIpc) is 3.10. The summed E-state index contributed by atoms with van der Waals surface area (Å²) in [6, 6.07) is 15.4. The third-order valence-corrected chi connectivity index (χ3v) is 4.89. The largest absolute Gasteiger partial charge is 0.392 e. The summed E-state index contributed by atoms with van der Waals surface area (Å²) in [6.45, 7) is 4.92. The molecule has 1 aliphatic rings. The van der Waals surface area contributed by atoms with Crippen molar-refractivity contribution < 1.29 is 14.7 Å². The second-order valence-corrected chi connectivity index (χ2v) is 7.28. The first-order valence-corrected chi connectivity index (χ1v) is 9.59. The van der Waals surface area contributed by atoms with Crippen LogP contribution in [-0.2, 0) is 24.4 Å². The monoisotopic (exact) mass is 381 g/mol. The van der Waals surface area contributed by atoms with Crippen molar-refractivity contribution >= 4 is 11.8 Å². The molecule has 0 aromatic heterocycles. The fourth-order valence-electron chi connectivity index (χ4n) is 3.26. The first-order valence-electron chi connectivity index (χ1n) is 9.59. The van der Waals surface area contributed by atoms with Gasteiger partial charge in [0.1, 0.15) is 0 Å². The summed E-state index contributed by atoms with van der Waals surface area (Å²) in [6.07, 6.45) is 0.646. The second-order valence-electron chi connectivity index (χ2n) is 7.28. The van der Waals surface area contributed by atoms with E-state index < -0.39 is 0 Å². The lowest BCUT2D eigenvalue weighted by molar-refractivity contribution is -0.119. The molecule has 1 heterocycles. The van der Waals surface area contributed by atoms with Crippen LogP contribution in [0.5, 0.6) is 0 Å². The molecule has 28 heavy (non-hydrogen) atoms. The summed E-state index contributed by atoms with van der Waals surface area (Å²) in [7, 11) is 0. The number of aliphatic hydroxyl groups is 1. The fraction of sp³-hybridized carbons (Fsp3) is 0.364. The number of aliphatic hydroxyl groups excluding tert-OH is 1. The van der Waals surface area contributed by atoms with Crippen LogP contribution in [0.15, 0.2) is 48.5 Å². The zero-order valence-corrected chi connectivity index (χ0v) is 16.1. The minimum Gasteiger partial charge on any atom is -0.392 e. The minimum absolute atomic E-state index is 0.0779. The number of carbonyl (C=O) groups is 2. The zero-order chi connectivity index (χ0) is 19.9. The predicted octanol–water partition coefficient (Wildman–Crippen LogP) is 1.82. The molecule has 1 unspecified atom stereocenters. The molecule has 148 valence electrons. The van der Waals surface area contributed by atoms with E-state index in [2.05, 4.69) is 27.7 Å². The second kappa shape index (κ2) is 9.48. The van der Waals surface area contributed by atoms with E-state index >= 15 is 0 Å². The Labute approximate surface area is 165 Å². The third kappa shape index (κ3) is 5.90. The van der Waals surface area contributed by atoms with Crippen LogP contribution < -0.4 is 10.6 Å². The van der Waals surface area contributed by atoms with E-state index in [1.165, 1.54) is 12.5 Å². The van der Waals surface area contributed by atoms with E-state index in [4.69, 9.17) is 0 Å². The number of carbonyl (C=O) groups excluding carboxylic acids is 2. The van der Waals surface area contributed by atoms with E-state index in [1.54, 1.807) is 12.1 Å². The molecule has 3 N–H and O–H groups in total. The summed E-state index contributed by atoms with van der Waals surface area (Å²) < 4.78 is 0. The highest BCUT2D eigenvalue weighted by atomic mass is 16.3. The number of rotatable bonds is 7. The van der Waals surface area contributed by atoms with E-state index in [0.717, 1.165) is 37.2 Å². The summed E-state index contributed by atoms with van der Waals surface area (Å²) >= 11 is 0. The lowest BCUT2D eigenvalue weighted by Gasteiger charge is -2.15. The van der Waals surface area contributed by atoms with Crippen LogP contribution in [0.2, 0.25) is 0 Å². The van der Waals surface area contributed by atoms with Crippen LogP contribution in [0.3, 0.4) is 0 Å². The van der Waals surface area contributed by atoms with Crippen LogP contribution in [0.1, 0.15) is 40.4 Å². The number of amides is 2. The Hall–Kier alpha value is -2.70. The molecule has 2 amide bonds. The highest BCUT2D eigenvalue weighted by Crippen LogP contribution is 2.14. The van der Waals surface area contributed by atoms with Crippen molar-refractivity contribution in [2.24, 2.45) is 0 Å². The first kappa shape index (κ1) is 20.0. The van der Waals surface area contributed by atoms with Crippen LogP contribution in [-0.4, -0.2) is 41.0 Å². The maximum absolute atomic E-state index is 12.3. The predicted molar refractivity (Wildman–Crippen MR) is 107 cm³/mol. The first-order chi connectivity index (χ1) is 13.5. The van der Waals surface area contributed by atoms with Gasteiger partial charge in [-0.2, -0.15) is 0 Å². The van der Waals surface area contributed by atoms with Crippen molar-refractivity contribution in [2.45, 2.75) is 39.1 Å². The maximum atomic E-state index is 12.3. The van der Waals surface area contributed by atoms with Crippen LogP contribution in [0, 0.1) is 0 Å². The minimum atomic E-state index is -0.200. The highest BCUT2D eigenvalue weighted by Gasteiger charge is 2.19. The summed E-state index contributed by atoms with van der Waals surface area (Å²) in [5.74, 6) is -0.202. The van der Waals surface area contributed by atoms with Gasteiger partial charge in [-0.3, -0.25) is 14.5 Å². The Morgan fingerprint density at radius 1 is 0.964 bits per heavy atom. The molecule has 2 aromatic carbocycles. The van der Waals surface area contributed by atoms with Crippen LogP contribution in [0.4, 0.5) is 0 Å². The van der Waals surface area contributed by atoms with Gasteiger partial charge in [-0.05, 0) is 35.2 Å². The highest BCUT2D eigenvalue weighted by molar-refractivity contribution is 5.94. The smallest absolute Gasteiger partial charge is 0.251 e. The molecule has 0 saturated carbocycles. The van der Waals surface area contributed by atoms with Gasteiger partial charge < -0.3 is 15.7 Å². The molecule has 6 nitrogen and oxygen atoms in total. The lowest BCUT2D eigenvalue weighted by atomic mass is 10.1. The molecule has 1 fully saturated rings. The molecule has 0 radical (unpaired) electrons. The van der Waals surface area contributed by atoms with Crippen molar-refractivity contribution in [3.05, 3.63) is 70.8 Å². The van der Waals surface area contributed by atoms with Gasteiger partial charge in [-0.25, -0.2) is 0 Å². The Bertz CT molecular complexity index is 803. The van der Waals surface area contributed by atoms with Gasteiger partial charge in [0.05, 0.1) is 6.10 Å². The number of nitrogens with one attached hydrogen (secondary N) is 2. The maximum Gasteiger partial charge on any atom is 0.251 e. The van der Waals surface area contributed by atoms with E-state index in [1.807, 2.05) is 24.3 Å². The number of hydrogen-bond acceptors (Lipinski definition) is 4. The molecule has 0 spiro atoms. The van der Waals surface area contributed by atoms with E-state index in [-0.39, 0.29) is 17.9 Å². The summed E-state index contributed by atoms with van der Waals surface area (Å²) in [4.78, 5) is 25.5. The molecule has 0 aliphatic carbocycles. The topological polar surface area (TPSA) is 81.7 Å². The molecule has 2 aromatic rings. The van der Waals surface area contributed by atoms with Crippen molar-refractivity contribution in [1.29, 1.82) is 0 Å². The van der Waals surface area contributed by atoms with Crippen molar-refractivity contribution in [2.75, 3.05) is 13.1 Å². The normalized spacial score (nSPS) is 16.7. The number of hydrogen-bond donors (Lipinski definition) is 3. The lowest BCUT2D eigenvalue weighted by Crippen LogP contribution is -2.23. The van der Waals surface area contributed by atoms with Gasteiger partial charge in [-0.15, -0.1) is 0 Å². The SMILES string of the molecule is CC(=O)NCc1ccc(C(=O)NCc2ccc(CN3CCC(O)C3)cc2)cc1. The Morgan fingerprint density at radius 2 is 1.54 bits per heavy atom. The quantitative estimate of drug-likeness (QED) is 0.683. The van der Waals surface area contributed by atoms with Gasteiger partial charge in [0.25, 0.3) is 5.91 Å². The van der Waals surface area contributed by atoms with Gasteiger partial charge >= 0.3 is 0 Å². The Morgan fingerprint density at radius 3 is 2.11 bits per heavy atom. The molecule has 6 heteroatoms. The number of benzene rings is 2. The molecule has 1 atom stereocenters. The number of β-amino-alcohol motifs (C(OH)–C–C–N with tert-alkyl or cyclic N) is 1. The van der Waals surface area contributed by atoms with Crippen molar-refractivity contribution in [3.63, 3.8) is 0 Å². The third-order valence-electron chi connectivity index (χ3n) is 4.89. The van der Waals surface area contributed by atoms with E-state index in [9.17, 15) is 14.7 Å². The molecule has 1 aliphatic heterocycles. The molecule has 3 rings (SSSR count). The van der Waals surface area contributed by atoms with E-state index in [0.29, 0.717) is 18.7 Å². The van der Waals surface area contributed by atoms with Crippen molar-refractivity contribution in [1.82, 2.24) is 15.5 Å². The summed E-state index contributed by atoms with van der Waals surface area (Å²) in [5, 5.41) is 15.3. The fourth-order valence-corrected chi connectivity index (χ4v) is 3.26. The van der Waals surface area contributed by atoms with Gasteiger partial charge in [0.2, 0.25) is 5.91 Å². The molecule has 1 saturated heterocycles. The Balaban J connectivity index is 1.46. The zero-order valence-electron chi connectivity index (χ0n) is 16.1. The van der Waals surface area contributed by atoms with Crippen molar-refractivity contribution in [3.8, 4) is 0 Å². The van der Waals surface area contributed by atoms with Gasteiger partial charge in [-0.1, -0.05) is 36.4 Å².